The van der Waals surface area contributed by atoms with Gasteiger partial charge in [-0.1, -0.05) is 20.1 Å². The van der Waals surface area contributed by atoms with E-state index in [2.05, 4.69) is 35.7 Å². The lowest BCUT2D eigenvalue weighted by molar-refractivity contribution is 0.715. The van der Waals surface area contributed by atoms with E-state index in [1.807, 2.05) is 6.92 Å². The van der Waals surface area contributed by atoms with Crippen LogP contribution in [-0.4, -0.2) is 19.4 Å². The molecular formula is C12H19N3. The van der Waals surface area contributed by atoms with Crippen LogP contribution >= 0.6 is 0 Å². The van der Waals surface area contributed by atoms with Gasteiger partial charge in [-0.2, -0.15) is 0 Å². The second-order valence-corrected chi connectivity index (χ2v) is 3.64. The molecule has 0 saturated heterocycles. The summed E-state index contributed by atoms with van der Waals surface area (Å²) in [5.74, 6) is 0. The molecule has 3 nitrogen and oxygen atoms in total. The molecule has 0 fully saturated rings. The van der Waals surface area contributed by atoms with E-state index in [4.69, 9.17) is 0 Å². The molecule has 0 amide bonds. The molecule has 3 heteroatoms. The lowest BCUT2D eigenvalue weighted by atomic mass is 10.1. The lowest BCUT2D eigenvalue weighted by Gasteiger charge is -2.17. The molecule has 1 rings (SSSR count). The molecule has 2 N–H and O–H groups in total. The molecule has 1 aliphatic rings. The number of hydrogen-bond acceptors (Lipinski definition) is 3. The lowest BCUT2D eigenvalue weighted by Crippen LogP contribution is -2.21. The smallest absolute Gasteiger partial charge is 0.0930 e. The molecule has 1 heterocycles. The topological polar surface area (TPSA) is 36.4 Å². The van der Waals surface area contributed by atoms with E-state index < -0.39 is 0 Å². The third kappa shape index (κ3) is 3.06. The second kappa shape index (κ2) is 5.51. The first kappa shape index (κ1) is 11.7. The molecule has 1 aliphatic heterocycles. The van der Waals surface area contributed by atoms with Crippen molar-refractivity contribution in [2.24, 2.45) is 4.99 Å². The van der Waals surface area contributed by atoms with Gasteiger partial charge in [0.05, 0.1) is 12.0 Å². The van der Waals surface area contributed by atoms with Crippen molar-refractivity contribution in [1.82, 2.24) is 10.6 Å². The highest BCUT2D eigenvalue weighted by Gasteiger charge is 2.10. The standard InChI is InChI=1S/C12H19N3/c1-5-6-13-7-9(2)12-10(3)11(4)14-8-15-12/h8,13H,2,4-7H2,1,3H3,(H,14,15). The fourth-order valence-electron chi connectivity index (χ4n) is 1.38. The van der Waals surface area contributed by atoms with Crippen LogP contribution in [0.3, 0.4) is 0 Å². The van der Waals surface area contributed by atoms with Gasteiger partial charge in [-0.15, -0.1) is 0 Å². The van der Waals surface area contributed by atoms with Crippen LogP contribution < -0.4 is 10.6 Å². The van der Waals surface area contributed by atoms with Crippen molar-refractivity contribution in [3.63, 3.8) is 0 Å². The molecular weight excluding hydrogens is 186 g/mol. The molecule has 0 bridgehead atoms. The molecule has 0 aliphatic carbocycles. The predicted octanol–water partition coefficient (Wildman–Crippen LogP) is 1.96. The zero-order valence-electron chi connectivity index (χ0n) is 9.56. The first-order valence-corrected chi connectivity index (χ1v) is 5.25. The first-order chi connectivity index (χ1) is 7.16. The Morgan fingerprint density at radius 1 is 1.60 bits per heavy atom. The van der Waals surface area contributed by atoms with E-state index in [1.165, 1.54) is 0 Å². The maximum atomic E-state index is 4.28. The Bertz CT molecular complexity index is 324. The number of allylic oxidation sites excluding steroid dienone is 1. The summed E-state index contributed by atoms with van der Waals surface area (Å²) in [7, 11) is 0. The molecule has 15 heavy (non-hydrogen) atoms. The van der Waals surface area contributed by atoms with Crippen LogP contribution in [0.1, 0.15) is 20.3 Å². The van der Waals surface area contributed by atoms with E-state index in [9.17, 15) is 0 Å². The third-order valence-electron chi connectivity index (χ3n) is 2.34. The molecule has 0 aromatic heterocycles. The van der Waals surface area contributed by atoms with Gasteiger partial charge in [0.1, 0.15) is 0 Å². The van der Waals surface area contributed by atoms with E-state index in [0.29, 0.717) is 0 Å². The number of aliphatic imine (C=N–C) groups is 1. The molecule has 0 spiro atoms. The van der Waals surface area contributed by atoms with Crippen LogP contribution in [0.5, 0.6) is 0 Å². The van der Waals surface area contributed by atoms with Gasteiger partial charge in [0.25, 0.3) is 0 Å². The maximum Gasteiger partial charge on any atom is 0.0930 e. The Hall–Kier alpha value is -1.35. The van der Waals surface area contributed by atoms with Gasteiger partial charge < -0.3 is 10.6 Å². The summed E-state index contributed by atoms with van der Waals surface area (Å²) in [6.07, 6.45) is 2.79. The van der Waals surface area contributed by atoms with Gasteiger partial charge in [-0.3, -0.25) is 0 Å². The molecule has 0 atom stereocenters. The Morgan fingerprint density at radius 3 is 3.00 bits per heavy atom. The Labute approximate surface area is 91.7 Å². The number of nitrogens with zero attached hydrogens (tertiary/aromatic N) is 1. The monoisotopic (exact) mass is 205 g/mol. The van der Waals surface area contributed by atoms with Crippen LogP contribution in [-0.2, 0) is 0 Å². The quantitative estimate of drug-likeness (QED) is 0.673. The van der Waals surface area contributed by atoms with Crippen molar-refractivity contribution in [1.29, 1.82) is 0 Å². The Kier molecular flexibility index (Phi) is 4.31. The molecule has 0 aromatic rings. The minimum absolute atomic E-state index is 0.783. The molecule has 0 radical (unpaired) electrons. The van der Waals surface area contributed by atoms with Crippen molar-refractivity contribution in [3.8, 4) is 0 Å². The largest absolute Gasteiger partial charge is 0.347 e. The van der Waals surface area contributed by atoms with Gasteiger partial charge >= 0.3 is 0 Å². The Morgan fingerprint density at radius 2 is 2.33 bits per heavy atom. The number of nitrogens with one attached hydrogen (secondary N) is 2. The fraction of sp³-hybridized carbons (Fsp3) is 0.417. The first-order valence-electron chi connectivity index (χ1n) is 5.25. The summed E-state index contributed by atoms with van der Waals surface area (Å²) in [4.78, 5) is 4.28. The minimum Gasteiger partial charge on any atom is -0.347 e. The summed E-state index contributed by atoms with van der Waals surface area (Å²) in [6, 6.07) is 0. The van der Waals surface area contributed by atoms with Gasteiger partial charge in [-0.05, 0) is 31.0 Å². The van der Waals surface area contributed by atoms with Crippen LogP contribution in [0.15, 0.2) is 40.7 Å². The van der Waals surface area contributed by atoms with Crippen molar-refractivity contribution >= 4 is 6.34 Å². The van der Waals surface area contributed by atoms with Crippen molar-refractivity contribution in [2.45, 2.75) is 20.3 Å². The highest BCUT2D eigenvalue weighted by molar-refractivity contribution is 5.66. The zero-order valence-corrected chi connectivity index (χ0v) is 9.56. The molecule has 0 saturated carbocycles. The van der Waals surface area contributed by atoms with Crippen molar-refractivity contribution < 1.29 is 0 Å². The SMILES string of the molecule is C=C(CNCCC)C1=C(C)C(=C)NC=N1. The molecule has 82 valence electrons. The van der Waals surface area contributed by atoms with E-state index >= 15 is 0 Å². The van der Waals surface area contributed by atoms with Crippen LogP contribution in [0.4, 0.5) is 0 Å². The minimum atomic E-state index is 0.783. The summed E-state index contributed by atoms with van der Waals surface area (Å²) in [6.45, 7) is 13.9. The predicted molar refractivity (Wildman–Crippen MR) is 65.8 cm³/mol. The summed E-state index contributed by atoms with van der Waals surface area (Å²) in [5, 5.41) is 6.29. The molecule has 0 aromatic carbocycles. The molecule has 0 unspecified atom stereocenters. The maximum absolute atomic E-state index is 4.28. The summed E-state index contributed by atoms with van der Waals surface area (Å²) in [5.41, 5.74) is 3.93. The van der Waals surface area contributed by atoms with Gasteiger partial charge in [0, 0.05) is 12.2 Å². The second-order valence-electron chi connectivity index (χ2n) is 3.64. The van der Waals surface area contributed by atoms with Crippen molar-refractivity contribution in [2.75, 3.05) is 13.1 Å². The normalized spacial score (nSPS) is 15.5. The Balaban J connectivity index is 2.62. The number of rotatable bonds is 5. The van der Waals surface area contributed by atoms with E-state index in [1.54, 1.807) is 6.34 Å². The fourth-order valence-corrected chi connectivity index (χ4v) is 1.38. The van der Waals surface area contributed by atoms with Crippen LogP contribution in [0, 0.1) is 0 Å². The third-order valence-corrected chi connectivity index (χ3v) is 2.34. The van der Waals surface area contributed by atoms with Gasteiger partial charge in [0.15, 0.2) is 0 Å². The van der Waals surface area contributed by atoms with Crippen LogP contribution in [0.2, 0.25) is 0 Å². The van der Waals surface area contributed by atoms with Crippen LogP contribution in [0.25, 0.3) is 0 Å². The summed E-state index contributed by atoms with van der Waals surface area (Å²) < 4.78 is 0. The highest BCUT2D eigenvalue weighted by Crippen LogP contribution is 2.20. The summed E-state index contributed by atoms with van der Waals surface area (Å²) >= 11 is 0. The number of hydrogen-bond donors (Lipinski definition) is 2. The van der Waals surface area contributed by atoms with E-state index in [-0.39, 0.29) is 0 Å². The average molecular weight is 205 g/mol. The average Bonchev–Trinajstić information content (AvgIpc) is 2.22. The van der Waals surface area contributed by atoms with Gasteiger partial charge in [0.2, 0.25) is 0 Å². The highest BCUT2D eigenvalue weighted by atomic mass is 15.0. The van der Waals surface area contributed by atoms with Gasteiger partial charge in [-0.25, -0.2) is 4.99 Å². The van der Waals surface area contributed by atoms with E-state index in [0.717, 1.165) is 42.1 Å². The van der Waals surface area contributed by atoms with Crippen molar-refractivity contribution in [3.05, 3.63) is 35.7 Å². The zero-order chi connectivity index (χ0) is 11.3.